The molecule has 1 aliphatic carbocycles. The van der Waals surface area contributed by atoms with E-state index < -0.39 is 5.97 Å². The van der Waals surface area contributed by atoms with Gasteiger partial charge in [0.05, 0.1) is 23.7 Å². The Morgan fingerprint density at radius 2 is 1.21 bits per heavy atom. The zero-order chi connectivity index (χ0) is 27.6. The highest BCUT2D eigenvalue weighted by molar-refractivity contribution is 5.95. The van der Waals surface area contributed by atoms with Crippen molar-refractivity contribution in [3.63, 3.8) is 0 Å². The van der Waals surface area contributed by atoms with Crippen molar-refractivity contribution in [3.05, 3.63) is 89.5 Å². The maximum atomic E-state index is 12.4. The van der Waals surface area contributed by atoms with E-state index in [-0.39, 0.29) is 36.9 Å². The molecule has 1 saturated carbocycles. The minimum absolute atomic E-state index is 0.0184. The number of nitrogens with one attached hydrogen (secondary N) is 2. The average Bonchev–Trinajstić information content (AvgIpc) is 2.96. The normalized spacial score (nSPS) is 16.4. The molecule has 4 rings (SSSR count). The number of rotatable bonds is 10. The number of carboxylic acid groups (broad SMARTS) is 1. The summed E-state index contributed by atoms with van der Waals surface area (Å²) < 4.78 is 11.7. The van der Waals surface area contributed by atoms with Crippen LogP contribution < -0.4 is 20.1 Å². The highest BCUT2D eigenvalue weighted by Crippen LogP contribution is 2.28. The quantitative estimate of drug-likeness (QED) is 0.329. The molecule has 3 aromatic carbocycles. The van der Waals surface area contributed by atoms with E-state index in [1.165, 1.54) is 0 Å². The molecule has 0 unspecified atom stereocenters. The predicted molar refractivity (Wildman–Crippen MR) is 143 cm³/mol. The number of carbonyl (C=O) groups is 3. The highest BCUT2D eigenvalue weighted by atomic mass is 16.5. The third-order valence-electron chi connectivity index (χ3n) is 6.47. The zero-order valence-corrected chi connectivity index (χ0v) is 21.3. The summed E-state index contributed by atoms with van der Waals surface area (Å²) >= 11 is 0. The molecule has 1 aliphatic rings. The fourth-order valence-corrected chi connectivity index (χ4v) is 4.27. The Labute approximate surface area is 226 Å². The van der Waals surface area contributed by atoms with Gasteiger partial charge in [0.1, 0.15) is 17.2 Å². The Bertz CT molecular complexity index is 1320. The van der Waals surface area contributed by atoms with E-state index >= 15 is 0 Å². The molecule has 9 heteroatoms. The first-order chi connectivity index (χ1) is 18.9. The van der Waals surface area contributed by atoms with Crippen molar-refractivity contribution in [3.8, 4) is 23.3 Å². The summed E-state index contributed by atoms with van der Waals surface area (Å²) in [5.41, 5.74) is 1.48. The van der Waals surface area contributed by atoms with Crippen LogP contribution in [-0.2, 0) is 4.79 Å². The van der Waals surface area contributed by atoms with E-state index in [1.807, 2.05) is 0 Å². The largest absolute Gasteiger partial charge is 0.490 e. The maximum Gasteiger partial charge on any atom is 0.306 e. The van der Waals surface area contributed by atoms with Crippen LogP contribution in [0, 0.1) is 17.2 Å². The van der Waals surface area contributed by atoms with Crippen molar-refractivity contribution < 1.29 is 29.0 Å². The van der Waals surface area contributed by atoms with E-state index in [2.05, 4.69) is 16.7 Å². The summed E-state index contributed by atoms with van der Waals surface area (Å²) in [5, 5.41) is 23.5. The van der Waals surface area contributed by atoms with Crippen LogP contribution in [0.5, 0.6) is 17.2 Å². The van der Waals surface area contributed by atoms with Gasteiger partial charge in [0.2, 0.25) is 0 Å². The number of hydrogen-bond acceptors (Lipinski definition) is 6. The molecule has 0 bridgehead atoms. The number of aliphatic carboxylic acids is 1. The lowest BCUT2D eigenvalue weighted by Crippen LogP contribution is -2.34. The smallest absolute Gasteiger partial charge is 0.306 e. The SMILES string of the molecule is N#Cc1ccc(Oc2ccc(C(=O)NCCNC(=O)c3ccc(O[C@H]4CC[C@@H](C(=O)O)CC4)cc3)cc2)cc1. The zero-order valence-electron chi connectivity index (χ0n) is 21.3. The molecule has 1 fully saturated rings. The molecule has 0 saturated heterocycles. The third kappa shape index (κ3) is 7.82. The number of carboxylic acids is 1. The van der Waals surface area contributed by atoms with E-state index in [9.17, 15) is 14.4 Å². The summed E-state index contributed by atoms with van der Waals surface area (Å²) in [6.45, 7) is 0.518. The first kappa shape index (κ1) is 27.2. The van der Waals surface area contributed by atoms with Gasteiger partial charge in [-0.2, -0.15) is 5.26 Å². The molecular formula is C30H29N3O6. The minimum atomic E-state index is -0.746. The van der Waals surface area contributed by atoms with Crippen molar-refractivity contribution >= 4 is 17.8 Å². The van der Waals surface area contributed by atoms with Crippen LogP contribution >= 0.6 is 0 Å². The van der Waals surface area contributed by atoms with Crippen LogP contribution in [0.4, 0.5) is 0 Å². The van der Waals surface area contributed by atoms with E-state index in [0.29, 0.717) is 59.6 Å². The van der Waals surface area contributed by atoms with Gasteiger partial charge >= 0.3 is 5.97 Å². The number of carbonyl (C=O) groups excluding carboxylic acids is 2. The molecular weight excluding hydrogens is 498 g/mol. The Kier molecular flexibility index (Phi) is 9.14. The molecule has 2 amide bonds. The summed E-state index contributed by atoms with van der Waals surface area (Å²) in [6.07, 6.45) is 2.59. The Morgan fingerprint density at radius 3 is 1.67 bits per heavy atom. The van der Waals surface area contributed by atoms with Crippen molar-refractivity contribution in [2.45, 2.75) is 31.8 Å². The number of ether oxygens (including phenoxy) is 2. The fraction of sp³-hybridized carbons (Fsp3) is 0.267. The number of amides is 2. The lowest BCUT2D eigenvalue weighted by molar-refractivity contribution is -0.143. The summed E-state index contributed by atoms with van der Waals surface area (Å²) in [4.78, 5) is 35.9. The van der Waals surface area contributed by atoms with E-state index in [1.54, 1.807) is 72.8 Å². The van der Waals surface area contributed by atoms with Gasteiger partial charge < -0.3 is 25.2 Å². The third-order valence-corrected chi connectivity index (χ3v) is 6.47. The minimum Gasteiger partial charge on any atom is -0.490 e. The summed E-state index contributed by atoms with van der Waals surface area (Å²) in [7, 11) is 0. The van der Waals surface area contributed by atoms with Gasteiger partial charge in [-0.05, 0) is 98.5 Å². The molecule has 0 radical (unpaired) electrons. The monoisotopic (exact) mass is 527 g/mol. The van der Waals surface area contributed by atoms with Crippen molar-refractivity contribution in [1.29, 1.82) is 5.26 Å². The lowest BCUT2D eigenvalue weighted by atomic mass is 9.87. The van der Waals surface area contributed by atoms with Crippen molar-refractivity contribution in [1.82, 2.24) is 10.6 Å². The van der Waals surface area contributed by atoms with Crippen LogP contribution in [0.15, 0.2) is 72.8 Å². The average molecular weight is 528 g/mol. The highest BCUT2D eigenvalue weighted by Gasteiger charge is 2.26. The number of benzene rings is 3. The molecule has 0 atom stereocenters. The molecule has 3 N–H and O–H groups in total. The van der Waals surface area contributed by atoms with Gasteiger partial charge in [0.25, 0.3) is 11.8 Å². The van der Waals surface area contributed by atoms with Crippen molar-refractivity contribution in [2.24, 2.45) is 5.92 Å². The fourth-order valence-electron chi connectivity index (χ4n) is 4.27. The van der Waals surface area contributed by atoms with Gasteiger partial charge in [0.15, 0.2) is 0 Å². The summed E-state index contributed by atoms with van der Waals surface area (Å²) in [6, 6.07) is 22.3. The Balaban J connectivity index is 1.16. The number of nitriles is 1. The second-order valence-electron chi connectivity index (χ2n) is 9.23. The second-order valence-corrected chi connectivity index (χ2v) is 9.23. The molecule has 0 spiro atoms. The van der Waals surface area contributed by atoms with Gasteiger partial charge in [-0.3, -0.25) is 14.4 Å². The molecule has 0 aromatic heterocycles. The maximum absolute atomic E-state index is 12.4. The van der Waals surface area contributed by atoms with Crippen molar-refractivity contribution in [2.75, 3.05) is 13.1 Å². The summed E-state index contributed by atoms with van der Waals surface area (Å²) in [5.74, 6) is 0.224. The van der Waals surface area contributed by atoms with Crippen LogP contribution in [0.3, 0.4) is 0 Å². The first-order valence-electron chi connectivity index (χ1n) is 12.8. The Morgan fingerprint density at radius 1 is 0.744 bits per heavy atom. The Hall–Kier alpha value is -4.84. The van der Waals surface area contributed by atoms with Gasteiger partial charge in [-0.15, -0.1) is 0 Å². The van der Waals surface area contributed by atoms with Crippen LogP contribution in [0.2, 0.25) is 0 Å². The van der Waals surface area contributed by atoms with E-state index in [0.717, 1.165) is 0 Å². The second kappa shape index (κ2) is 13.1. The topological polar surface area (TPSA) is 138 Å². The molecule has 0 aliphatic heterocycles. The number of hydrogen-bond donors (Lipinski definition) is 3. The molecule has 0 heterocycles. The standard InChI is InChI=1S/C30H29N3O6/c31-19-20-1-9-24(10-2-20)38-25-11-3-21(4-12-25)28(34)32-17-18-33-29(35)22-5-13-26(14-6-22)39-27-15-7-23(8-16-27)30(36)37/h1-6,9-14,23,27H,7-8,15-18H2,(H,32,34)(H,33,35)(H,36,37)/t23-,27+. The molecule has 3 aromatic rings. The van der Waals surface area contributed by atoms with Gasteiger partial charge in [0, 0.05) is 24.2 Å². The van der Waals surface area contributed by atoms with Gasteiger partial charge in [-0.1, -0.05) is 0 Å². The molecule has 9 nitrogen and oxygen atoms in total. The lowest BCUT2D eigenvalue weighted by Gasteiger charge is -2.26. The number of nitrogens with zero attached hydrogens (tertiary/aromatic N) is 1. The molecule has 200 valence electrons. The molecule has 39 heavy (non-hydrogen) atoms. The predicted octanol–water partition coefficient (Wildman–Crippen LogP) is 4.53. The van der Waals surface area contributed by atoms with Crippen LogP contribution in [0.25, 0.3) is 0 Å². The first-order valence-corrected chi connectivity index (χ1v) is 12.8. The van der Waals surface area contributed by atoms with E-state index in [4.69, 9.17) is 19.8 Å². The van der Waals surface area contributed by atoms with Crippen LogP contribution in [-0.4, -0.2) is 42.1 Å². The van der Waals surface area contributed by atoms with Gasteiger partial charge in [-0.25, -0.2) is 0 Å². The van der Waals surface area contributed by atoms with Crippen LogP contribution in [0.1, 0.15) is 52.0 Å².